The highest BCUT2D eigenvalue weighted by molar-refractivity contribution is 5.03. The molecule has 0 aliphatic heterocycles. The molecule has 0 saturated heterocycles. The fourth-order valence-corrected chi connectivity index (χ4v) is 1.88. The average molecular weight is 309 g/mol. The molecule has 0 saturated carbocycles. The lowest BCUT2D eigenvalue weighted by molar-refractivity contribution is 0.154. The minimum absolute atomic E-state index is 0.468. The summed E-state index contributed by atoms with van der Waals surface area (Å²) >= 11 is 0. The molecular weight excluding hydrogens is 274 g/mol. The van der Waals surface area contributed by atoms with Gasteiger partial charge in [-0.3, -0.25) is 0 Å². The largest absolute Gasteiger partial charge is 0.399 e. The van der Waals surface area contributed by atoms with Gasteiger partial charge in [0.2, 0.25) is 0 Å². The van der Waals surface area contributed by atoms with E-state index in [0.29, 0.717) is 19.8 Å². The Labute approximate surface area is 136 Å². The molecule has 4 heteroatoms. The minimum Gasteiger partial charge on any atom is -0.399 e. The number of hydrogen-bond donors (Lipinski definition) is 3. The maximum atomic E-state index is 5.83. The van der Waals surface area contributed by atoms with Crippen molar-refractivity contribution in [1.29, 1.82) is 0 Å². The van der Waals surface area contributed by atoms with Crippen molar-refractivity contribution in [1.82, 2.24) is 5.32 Å². The van der Waals surface area contributed by atoms with Gasteiger partial charge in [-0.05, 0) is 59.4 Å². The summed E-state index contributed by atoms with van der Waals surface area (Å²) < 4.78 is 5.38. The van der Waals surface area contributed by atoms with Crippen molar-refractivity contribution in [3.8, 4) is 0 Å². The predicted octanol–water partition coefficient (Wildman–Crippen LogP) is 3.21. The summed E-state index contributed by atoms with van der Waals surface area (Å²) in [4.78, 5) is 0. The molecular formula is C18H35N3O. The van der Waals surface area contributed by atoms with Gasteiger partial charge in [-0.15, -0.1) is 0 Å². The first-order chi connectivity index (χ1) is 10.6. The fourth-order valence-electron chi connectivity index (χ4n) is 1.88. The maximum absolute atomic E-state index is 5.83. The molecule has 0 rings (SSSR count). The van der Waals surface area contributed by atoms with Gasteiger partial charge in [0.05, 0.1) is 12.3 Å². The fraction of sp³-hybridized carbons (Fsp3) is 0.667. The first kappa shape index (κ1) is 20.7. The van der Waals surface area contributed by atoms with Gasteiger partial charge in [0.1, 0.15) is 0 Å². The molecule has 0 fully saturated rings. The predicted molar refractivity (Wildman–Crippen MR) is 96.4 cm³/mol. The number of ether oxygens (including phenoxy) is 1. The van der Waals surface area contributed by atoms with E-state index in [9.17, 15) is 0 Å². The molecule has 0 aliphatic rings. The van der Waals surface area contributed by atoms with Crippen LogP contribution in [-0.2, 0) is 4.74 Å². The lowest BCUT2D eigenvalue weighted by Crippen LogP contribution is -2.15. The highest BCUT2D eigenvalue weighted by Crippen LogP contribution is 2.09. The summed E-state index contributed by atoms with van der Waals surface area (Å²) in [6.45, 7) is 9.22. The summed E-state index contributed by atoms with van der Waals surface area (Å²) in [6, 6.07) is 0. The number of allylic oxidation sites excluding steroid dienone is 4. The number of hydrogen-bond acceptors (Lipinski definition) is 4. The van der Waals surface area contributed by atoms with E-state index in [4.69, 9.17) is 16.2 Å². The van der Waals surface area contributed by atoms with Crippen molar-refractivity contribution in [2.75, 3.05) is 26.3 Å². The van der Waals surface area contributed by atoms with E-state index < -0.39 is 0 Å². The van der Waals surface area contributed by atoms with Crippen LogP contribution in [0.25, 0.3) is 0 Å². The zero-order valence-corrected chi connectivity index (χ0v) is 14.7. The monoisotopic (exact) mass is 309 g/mol. The van der Waals surface area contributed by atoms with Gasteiger partial charge in [-0.1, -0.05) is 23.3 Å². The third kappa shape index (κ3) is 13.7. The topological polar surface area (TPSA) is 73.3 Å². The first-order valence-electron chi connectivity index (χ1n) is 8.33. The third-order valence-corrected chi connectivity index (χ3v) is 3.47. The molecule has 0 spiro atoms. The Balaban J connectivity index is 3.63. The molecule has 0 aromatic heterocycles. The number of nitrogens with two attached hydrogens (primary N) is 2. The van der Waals surface area contributed by atoms with E-state index in [-0.39, 0.29) is 0 Å². The van der Waals surface area contributed by atoms with E-state index in [1.165, 1.54) is 11.1 Å². The van der Waals surface area contributed by atoms with Gasteiger partial charge in [0.25, 0.3) is 0 Å². The molecule has 4 nitrogen and oxygen atoms in total. The second kappa shape index (κ2) is 14.7. The molecule has 0 aromatic carbocycles. The minimum atomic E-state index is 0.468. The standard InChI is InChI=1S/C18H35N3O/c1-4-16(2)8-5-9-17(3)10-6-12-21-14-18(20)15-22-13-7-11-19/h4,9,14,21H,5-8,10-13,15,19-20H2,1-3H3/b16-4+,17-9+,18-14-. The Morgan fingerprint density at radius 2 is 1.91 bits per heavy atom. The van der Waals surface area contributed by atoms with E-state index in [1.807, 2.05) is 6.20 Å². The molecule has 0 bridgehead atoms. The molecule has 0 aromatic rings. The maximum Gasteiger partial charge on any atom is 0.0875 e. The summed E-state index contributed by atoms with van der Waals surface area (Å²) in [7, 11) is 0. The molecule has 0 amide bonds. The van der Waals surface area contributed by atoms with Crippen LogP contribution < -0.4 is 16.8 Å². The van der Waals surface area contributed by atoms with Crippen LogP contribution in [-0.4, -0.2) is 26.3 Å². The SMILES string of the molecule is C/C=C(\C)CC/C=C(\C)CCCN/C=C(\N)COCCCN. The zero-order valence-electron chi connectivity index (χ0n) is 14.7. The molecule has 0 heterocycles. The van der Waals surface area contributed by atoms with Crippen LogP contribution in [0.5, 0.6) is 0 Å². The second-order valence-electron chi connectivity index (χ2n) is 5.70. The highest BCUT2D eigenvalue weighted by Gasteiger charge is 1.93. The Bertz CT molecular complexity index is 359. The summed E-state index contributed by atoms with van der Waals surface area (Å²) in [5, 5.41) is 3.24. The van der Waals surface area contributed by atoms with Crippen molar-refractivity contribution >= 4 is 0 Å². The van der Waals surface area contributed by atoms with Gasteiger partial charge in [0, 0.05) is 19.4 Å². The van der Waals surface area contributed by atoms with Crippen molar-refractivity contribution < 1.29 is 4.74 Å². The molecule has 0 atom stereocenters. The Kier molecular flexibility index (Phi) is 13.8. The van der Waals surface area contributed by atoms with Crippen LogP contribution in [0.2, 0.25) is 0 Å². The Morgan fingerprint density at radius 1 is 1.14 bits per heavy atom. The lowest BCUT2D eigenvalue weighted by Gasteiger charge is -2.06. The van der Waals surface area contributed by atoms with E-state index >= 15 is 0 Å². The normalized spacial score (nSPS) is 13.5. The van der Waals surface area contributed by atoms with E-state index in [0.717, 1.165) is 44.3 Å². The second-order valence-corrected chi connectivity index (χ2v) is 5.70. The molecule has 128 valence electrons. The summed E-state index contributed by atoms with van der Waals surface area (Å²) in [6.07, 6.45) is 11.8. The van der Waals surface area contributed by atoms with E-state index in [1.54, 1.807) is 0 Å². The zero-order chi connectivity index (χ0) is 16.6. The van der Waals surface area contributed by atoms with Crippen LogP contribution in [0.3, 0.4) is 0 Å². The molecule has 5 N–H and O–H groups in total. The number of nitrogens with one attached hydrogen (secondary N) is 1. The van der Waals surface area contributed by atoms with Gasteiger partial charge < -0.3 is 21.5 Å². The van der Waals surface area contributed by atoms with Gasteiger partial charge in [-0.2, -0.15) is 0 Å². The Hall–Kier alpha value is -1.26. The van der Waals surface area contributed by atoms with E-state index in [2.05, 4.69) is 38.2 Å². The van der Waals surface area contributed by atoms with Crippen molar-refractivity contribution in [2.24, 2.45) is 11.5 Å². The van der Waals surface area contributed by atoms with Gasteiger partial charge >= 0.3 is 0 Å². The highest BCUT2D eigenvalue weighted by atomic mass is 16.5. The van der Waals surface area contributed by atoms with Crippen molar-refractivity contribution in [2.45, 2.75) is 52.9 Å². The molecule has 0 radical (unpaired) electrons. The van der Waals surface area contributed by atoms with Crippen molar-refractivity contribution in [3.63, 3.8) is 0 Å². The first-order valence-corrected chi connectivity index (χ1v) is 8.33. The van der Waals surface area contributed by atoms with Crippen LogP contribution in [0.15, 0.2) is 35.2 Å². The third-order valence-electron chi connectivity index (χ3n) is 3.47. The average Bonchev–Trinajstić information content (AvgIpc) is 2.51. The van der Waals surface area contributed by atoms with Crippen LogP contribution in [0.4, 0.5) is 0 Å². The summed E-state index contributed by atoms with van der Waals surface area (Å²) in [5.41, 5.74) is 14.9. The van der Waals surface area contributed by atoms with Crippen LogP contribution >= 0.6 is 0 Å². The summed E-state index contributed by atoms with van der Waals surface area (Å²) in [5.74, 6) is 0. The van der Waals surface area contributed by atoms with Crippen molar-refractivity contribution in [3.05, 3.63) is 35.2 Å². The molecule has 0 aliphatic carbocycles. The lowest BCUT2D eigenvalue weighted by atomic mass is 10.1. The van der Waals surface area contributed by atoms with Crippen LogP contribution in [0, 0.1) is 0 Å². The smallest absolute Gasteiger partial charge is 0.0875 e. The quantitative estimate of drug-likeness (QED) is 0.361. The van der Waals surface area contributed by atoms with Gasteiger partial charge in [-0.25, -0.2) is 0 Å². The Morgan fingerprint density at radius 3 is 2.59 bits per heavy atom. The molecule has 0 unspecified atom stereocenters. The van der Waals surface area contributed by atoms with Crippen LogP contribution in [0.1, 0.15) is 52.9 Å². The number of rotatable bonds is 13. The molecule has 22 heavy (non-hydrogen) atoms. The van der Waals surface area contributed by atoms with Gasteiger partial charge in [0.15, 0.2) is 0 Å².